The largest absolute Gasteiger partial charge is 0.354 e. The number of anilines is 1. The van der Waals surface area contributed by atoms with E-state index >= 15 is 0 Å². The number of sulfonamides is 1. The summed E-state index contributed by atoms with van der Waals surface area (Å²) in [6.07, 6.45) is 0. The minimum Gasteiger partial charge on any atom is -0.354 e. The van der Waals surface area contributed by atoms with E-state index in [-0.39, 0.29) is 17.3 Å². The second-order valence-corrected chi connectivity index (χ2v) is 10.7. The van der Waals surface area contributed by atoms with Crippen molar-refractivity contribution in [1.82, 2.24) is 5.32 Å². The monoisotopic (exact) mass is 506 g/mol. The molecule has 0 saturated carbocycles. The van der Waals surface area contributed by atoms with E-state index in [4.69, 9.17) is 11.6 Å². The van der Waals surface area contributed by atoms with E-state index in [1.54, 1.807) is 61.5 Å². The number of amides is 1. The molecule has 0 spiro atoms. The highest BCUT2D eigenvalue weighted by atomic mass is 35.5. The lowest BCUT2D eigenvalue weighted by molar-refractivity contribution is -0.119. The van der Waals surface area contributed by atoms with Gasteiger partial charge in [0.05, 0.1) is 10.6 Å². The van der Waals surface area contributed by atoms with E-state index in [9.17, 15) is 17.6 Å². The van der Waals surface area contributed by atoms with Gasteiger partial charge in [0.1, 0.15) is 12.4 Å². The first-order valence-electron chi connectivity index (χ1n) is 10.2. The first-order chi connectivity index (χ1) is 15.8. The molecule has 0 heterocycles. The number of thioether (sulfide) groups is 1. The van der Waals surface area contributed by atoms with Crippen LogP contribution in [0.15, 0.2) is 77.7 Å². The number of nitrogens with zero attached hydrogens (tertiary/aromatic N) is 1. The Labute approximate surface area is 203 Å². The van der Waals surface area contributed by atoms with Crippen LogP contribution in [0.1, 0.15) is 11.1 Å². The molecule has 3 rings (SSSR count). The Morgan fingerprint density at radius 3 is 2.45 bits per heavy atom. The van der Waals surface area contributed by atoms with Gasteiger partial charge in [-0.2, -0.15) is 11.8 Å². The van der Waals surface area contributed by atoms with Crippen LogP contribution in [0.2, 0.25) is 5.02 Å². The zero-order chi connectivity index (χ0) is 23.8. The minimum absolute atomic E-state index is 0.0904. The number of hydrogen-bond acceptors (Lipinski definition) is 4. The third-order valence-corrected chi connectivity index (χ3v) is 7.85. The Hall–Kier alpha value is -2.55. The lowest BCUT2D eigenvalue weighted by Gasteiger charge is -2.25. The lowest BCUT2D eigenvalue weighted by atomic mass is 10.2. The number of nitrogens with one attached hydrogen (secondary N) is 1. The number of carbonyl (C=O) groups excluding carboxylic acids is 1. The van der Waals surface area contributed by atoms with Crippen LogP contribution in [0.5, 0.6) is 0 Å². The maximum Gasteiger partial charge on any atom is 0.264 e. The molecule has 0 aliphatic heterocycles. The molecule has 9 heteroatoms. The number of aryl methyl sites for hydroxylation is 1. The molecular formula is C24H24ClFN2O3S2. The van der Waals surface area contributed by atoms with Crippen molar-refractivity contribution >= 4 is 45.0 Å². The zero-order valence-corrected chi connectivity index (χ0v) is 20.4. The van der Waals surface area contributed by atoms with E-state index in [1.807, 2.05) is 0 Å². The molecule has 33 heavy (non-hydrogen) atoms. The van der Waals surface area contributed by atoms with E-state index in [2.05, 4.69) is 5.32 Å². The van der Waals surface area contributed by atoms with Crippen molar-refractivity contribution < 1.29 is 17.6 Å². The molecule has 3 aromatic carbocycles. The van der Waals surface area contributed by atoms with Crippen LogP contribution in [-0.4, -0.2) is 33.2 Å². The van der Waals surface area contributed by atoms with Crippen molar-refractivity contribution in [1.29, 1.82) is 0 Å². The molecule has 3 aromatic rings. The number of rotatable bonds is 10. The zero-order valence-electron chi connectivity index (χ0n) is 18.0. The summed E-state index contributed by atoms with van der Waals surface area (Å²) in [7, 11) is -3.98. The summed E-state index contributed by atoms with van der Waals surface area (Å²) in [4.78, 5) is 12.7. The van der Waals surface area contributed by atoms with Gasteiger partial charge in [-0.3, -0.25) is 9.10 Å². The van der Waals surface area contributed by atoms with E-state index in [1.165, 1.54) is 30.0 Å². The Balaban J connectivity index is 1.67. The number of halogens is 2. The highest BCUT2D eigenvalue weighted by Gasteiger charge is 2.28. The molecule has 0 atom stereocenters. The highest BCUT2D eigenvalue weighted by Crippen LogP contribution is 2.28. The summed E-state index contributed by atoms with van der Waals surface area (Å²) in [6.45, 7) is 1.69. The summed E-state index contributed by atoms with van der Waals surface area (Å²) >= 11 is 7.52. The van der Waals surface area contributed by atoms with Crippen molar-refractivity contribution in [3.8, 4) is 0 Å². The van der Waals surface area contributed by atoms with Gasteiger partial charge >= 0.3 is 0 Å². The van der Waals surface area contributed by atoms with Crippen LogP contribution in [0.3, 0.4) is 0 Å². The van der Waals surface area contributed by atoms with Crippen LogP contribution >= 0.6 is 23.4 Å². The van der Waals surface area contributed by atoms with Gasteiger partial charge in [-0.05, 0) is 54.4 Å². The number of hydrogen-bond donors (Lipinski definition) is 1. The van der Waals surface area contributed by atoms with Gasteiger partial charge < -0.3 is 5.32 Å². The standard InChI is InChI=1S/C24H24ClFN2O3S2/c1-18-15-20(25)11-12-23(18)28(33(30,31)21-8-3-2-4-9-21)16-24(29)27-13-14-32-17-19-7-5-6-10-22(19)26/h2-12,15H,13-14,16-17H2,1H3,(H,27,29). The van der Waals surface area contributed by atoms with E-state index in [0.717, 1.165) is 4.31 Å². The third kappa shape index (κ3) is 6.72. The summed E-state index contributed by atoms with van der Waals surface area (Å²) < 4.78 is 41.5. The molecule has 0 aromatic heterocycles. The molecule has 0 aliphatic rings. The molecule has 0 radical (unpaired) electrons. The number of carbonyl (C=O) groups is 1. The van der Waals surface area contributed by atoms with Gasteiger partial charge in [0.25, 0.3) is 10.0 Å². The number of benzene rings is 3. The predicted octanol–water partition coefficient (Wildman–Crippen LogP) is 5.03. The Kier molecular flexibility index (Phi) is 8.77. The topological polar surface area (TPSA) is 66.5 Å². The van der Waals surface area contributed by atoms with Crippen LogP contribution in [0, 0.1) is 12.7 Å². The molecule has 174 valence electrons. The van der Waals surface area contributed by atoms with Gasteiger partial charge in [-0.15, -0.1) is 0 Å². The van der Waals surface area contributed by atoms with Gasteiger partial charge in [0.2, 0.25) is 5.91 Å². The van der Waals surface area contributed by atoms with Crippen molar-refractivity contribution in [3.63, 3.8) is 0 Å². The first kappa shape index (κ1) is 25.1. The second-order valence-electron chi connectivity index (χ2n) is 7.25. The van der Waals surface area contributed by atoms with Crippen LogP contribution in [0.25, 0.3) is 0 Å². The van der Waals surface area contributed by atoms with Crippen molar-refractivity contribution in [2.45, 2.75) is 17.6 Å². The SMILES string of the molecule is Cc1cc(Cl)ccc1N(CC(=O)NCCSCc1ccccc1F)S(=O)(=O)c1ccccc1. The van der Waals surface area contributed by atoms with Gasteiger partial charge in [0.15, 0.2) is 0 Å². The minimum atomic E-state index is -3.98. The molecule has 0 bridgehead atoms. The van der Waals surface area contributed by atoms with Crippen LogP contribution < -0.4 is 9.62 Å². The fourth-order valence-corrected chi connectivity index (χ4v) is 5.74. The lowest BCUT2D eigenvalue weighted by Crippen LogP contribution is -2.41. The molecule has 0 aliphatic carbocycles. The molecule has 0 saturated heterocycles. The second kappa shape index (κ2) is 11.5. The molecule has 0 unspecified atom stereocenters. The van der Waals surface area contributed by atoms with Crippen LogP contribution in [-0.2, 0) is 20.6 Å². The van der Waals surface area contributed by atoms with E-state index in [0.29, 0.717) is 39.9 Å². The predicted molar refractivity (Wildman–Crippen MR) is 133 cm³/mol. The highest BCUT2D eigenvalue weighted by molar-refractivity contribution is 7.98. The van der Waals surface area contributed by atoms with Gasteiger partial charge in [0, 0.05) is 23.1 Å². The van der Waals surface area contributed by atoms with Crippen molar-refractivity contribution in [2.24, 2.45) is 0 Å². The Morgan fingerprint density at radius 2 is 1.76 bits per heavy atom. The van der Waals surface area contributed by atoms with Crippen molar-refractivity contribution in [2.75, 3.05) is 23.1 Å². The van der Waals surface area contributed by atoms with Gasteiger partial charge in [-0.25, -0.2) is 12.8 Å². The smallest absolute Gasteiger partial charge is 0.264 e. The average molecular weight is 507 g/mol. The normalized spacial score (nSPS) is 11.2. The molecular weight excluding hydrogens is 483 g/mol. The first-order valence-corrected chi connectivity index (χ1v) is 13.2. The molecule has 5 nitrogen and oxygen atoms in total. The fraction of sp³-hybridized carbons (Fsp3) is 0.208. The summed E-state index contributed by atoms with van der Waals surface area (Å²) in [5.41, 5.74) is 1.62. The fourth-order valence-electron chi connectivity index (χ4n) is 3.16. The Morgan fingerprint density at radius 1 is 1.06 bits per heavy atom. The molecule has 1 N–H and O–H groups in total. The third-order valence-electron chi connectivity index (χ3n) is 4.83. The Bertz CT molecular complexity index is 1210. The van der Waals surface area contributed by atoms with Crippen molar-refractivity contribution in [3.05, 3.63) is 94.8 Å². The molecule has 0 fully saturated rings. The average Bonchev–Trinajstić information content (AvgIpc) is 2.79. The quantitative estimate of drug-likeness (QED) is 0.391. The van der Waals surface area contributed by atoms with Gasteiger partial charge in [-0.1, -0.05) is 48.0 Å². The van der Waals surface area contributed by atoms with Crippen LogP contribution in [0.4, 0.5) is 10.1 Å². The summed E-state index contributed by atoms with van der Waals surface area (Å²) in [5, 5.41) is 3.23. The maximum absolute atomic E-state index is 13.7. The maximum atomic E-state index is 13.7. The van der Waals surface area contributed by atoms with E-state index < -0.39 is 15.9 Å². The molecule has 1 amide bonds. The summed E-state index contributed by atoms with van der Waals surface area (Å²) in [5.74, 6) is 0.358. The summed E-state index contributed by atoms with van der Waals surface area (Å²) in [6, 6.07) is 19.4.